The van der Waals surface area contributed by atoms with E-state index >= 15 is 0 Å². The Balaban J connectivity index is 0.000000207. The molecule has 202 valence electrons. The number of nitrogens with two attached hydrogens (primary N) is 2. The van der Waals surface area contributed by atoms with Crippen LogP contribution in [0.5, 0.6) is 0 Å². The molecule has 0 aliphatic carbocycles. The summed E-state index contributed by atoms with van der Waals surface area (Å²) in [6.07, 6.45) is 7.57. The van der Waals surface area contributed by atoms with E-state index in [1.165, 1.54) is 10.9 Å². The molecular weight excluding hydrogens is 508 g/mol. The van der Waals surface area contributed by atoms with E-state index in [0.717, 1.165) is 28.8 Å². The number of hydrogen-bond donors (Lipinski definition) is 4. The molecule has 0 spiro atoms. The van der Waals surface area contributed by atoms with Crippen molar-refractivity contribution in [3.05, 3.63) is 106 Å². The van der Waals surface area contributed by atoms with Gasteiger partial charge in [0.2, 0.25) is 0 Å². The van der Waals surface area contributed by atoms with Crippen molar-refractivity contribution in [3.8, 4) is 5.69 Å². The quantitative estimate of drug-likeness (QED) is 0.242. The molecule has 5 aromatic rings. The number of aromatic nitrogens is 5. The van der Waals surface area contributed by atoms with Crippen LogP contribution >= 0.6 is 0 Å². The Kier molecular flexibility index (Phi) is 7.27. The largest absolute Gasteiger partial charge is 0.381 e. The number of amides is 1. The lowest BCUT2D eigenvalue weighted by atomic mass is 9.99. The van der Waals surface area contributed by atoms with Gasteiger partial charge in [-0.25, -0.2) is 4.68 Å². The van der Waals surface area contributed by atoms with Gasteiger partial charge in [0.1, 0.15) is 11.4 Å². The molecule has 1 aliphatic heterocycles. The highest BCUT2D eigenvalue weighted by Crippen LogP contribution is 2.23. The third-order valence-electron chi connectivity index (χ3n) is 6.57. The lowest BCUT2D eigenvalue weighted by Gasteiger charge is -2.15. The zero-order valence-corrected chi connectivity index (χ0v) is 21.8. The Morgan fingerprint density at radius 1 is 1.10 bits per heavy atom. The Labute approximate surface area is 229 Å². The molecule has 0 fully saturated rings. The highest BCUT2D eigenvalue weighted by Gasteiger charge is 2.20. The van der Waals surface area contributed by atoms with E-state index in [2.05, 4.69) is 20.6 Å². The van der Waals surface area contributed by atoms with Crippen LogP contribution in [-0.4, -0.2) is 42.8 Å². The standard InChI is InChI=1S/C22H19N3O2.C7H9N5O/c1-2-18-11-15-7-6-8-16(12-20(26)17-13-23-24-14-17)21(15)22(27)25(18)19-9-4-3-5-10-19;8-5-4(6(9)13)7-10-2-1-3-12(7)11-5/h3-11,13-14H,2,12H2,1H3,(H,23,24);1,3,10H,2H2,(H2,8,11)(H2,9,13). The summed E-state index contributed by atoms with van der Waals surface area (Å²) in [4.78, 5) is 36.9. The predicted octanol–water partition coefficient (Wildman–Crippen LogP) is 3.16. The smallest absolute Gasteiger partial charge is 0.263 e. The Morgan fingerprint density at radius 3 is 2.60 bits per heavy atom. The molecule has 4 heterocycles. The molecule has 6 rings (SSSR count). The summed E-state index contributed by atoms with van der Waals surface area (Å²) >= 11 is 0. The number of primary amides is 1. The lowest BCUT2D eigenvalue weighted by Crippen LogP contribution is -2.23. The molecule has 11 heteroatoms. The van der Waals surface area contributed by atoms with Crippen LogP contribution in [0.15, 0.2) is 77.9 Å². The van der Waals surface area contributed by atoms with Gasteiger partial charge in [-0.2, -0.15) is 5.10 Å². The minimum atomic E-state index is -0.568. The van der Waals surface area contributed by atoms with Crippen molar-refractivity contribution in [2.75, 3.05) is 17.6 Å². The molecule has 0 radical (unpaired) electrons. The van der Waals surface area contributed by atoms with Gasteiger partial charge in [-0.05, 0) is 41.6 Å². The van der Waals surface area contributed by atoms with Crippen LogP contribution in [0.2, 0.25) is 0 Å². The number of Topliss-reactive ketones (excluding diaryl/α,β-unsaturated/α-hetero) is 1. The molecule has 40 heavy (non-hydrogen) atoms. The first-order valence-electron chi connectivity index (χ1n) is 12.7. The first kappa shape index (κ1) is 26.2. The summed E-state index contributed by atoms with van der Waals surface area (Å²) in [5, 5.41) is 14.8. The highest BCUT2D eigenvalue weighted by molar-refractivity contribution is 6.02. The van der Waals surface area contributed by atoms with Crippen molar-refractivity contribution in [1.82, 2.24) is 24.5 Å². The molecule has 2 aromatic carbocycles. The number of carbonyl (C=O) groups is 2. The van der Waals surface area contributed by atoms with Gasteiger partial charge in [0.15, 0.2) is 11.6 Å². The third kappa shape index (κ3) is 4.99. The third-order valence-corrected chi connectivity index (χ3v) is 6.57. The van der Waals surface area contributed by atoms with E-state index in [1.807, 2.05) is 67.6 Å². The van der Waals surface area contributed by atoms with Crippen molar-refractivity contribution in [1.29, 1.82) is 0 Å². The van der Waals surface area contributed by atoms with Crippen LogP contribution in [-0.2, 0) is 12.8 Å². The molecule has 11 nitrogen and oxygen atoms in total. The number of aryl methyl sites for hydroxylation is 1. The number of rotatable bonds is 6. The number of H-pyrrole nitrogens is 1. The number of benzene rings is 2. The number of fused-ring (bicyclic) bond motifs is 2. The van der Waals surface area contributed by atoms with E-state index in [9.17, 15) is 14.4 Å². The van der Waals surface area contributed by atoms with E-state index in [1.54, 1.807) is 17.0 Å². The van der Waals surface area contributed by atoms with E-state index in [-0.39, 0.29) is 29.1 Å². The van der Waals surface area contributed by atoms with Crippen LogP contribution < -0.4 is 22.3 Å². The van der Waals surface area contributed by atoms with Gasteiger partial charge in [0, 0.05) is 36.7 Å². The molecule has 0 unspecified atom stereocenters. The van der Waals surface area contributed by atoms with Crippen molar-refractivity contribution in [2.45, 2.75) is 19.8 Å². The van der Waals surface area contributed by atoms with E-state index in [4.69, 9.17) is 11.5 Å². The van der Waals surface area contributed by atoms with Crippen LogP contribution in [0.25, 0.3) is 22.7 Å². The van der Waals surface area contributed by atoms with Gasteiger partial charge in [-0.1, -0.05) is 43.3 Å². The minimum absolute atomic E-state index is 0.0681. The molecule has 0 bridgehead atoms. The number of hydrogen-bond acceptors (Lipinski definition) is 7. The fourth-order valence-electron chi connectivity index (χ4n) is 4.71. The van der Waals surface area contributed by atoms with Crippen LogP contribution in [0.3, 0.4) is 0 Å². The van der Waals surface area contributed by atoms with Crippen LogP contribution in [0.1, 0.15) is 38.9 Å². The highest BCUT2D eigenvalue weighted by atomic mass is 16.1. The minimum Gasteiger partial charge on any atom is -0.381 e. The van der Waals surface area contributed by atoms with Gasteiger partial charge in [0.25, 0.3) is 11.5 Å². The van der Waals surface area contributed by atoms with Crippen molar-refractivity contribution in [3.63, 3.8) is 0 Å². The summed E-state index contributed by atoms with van der Waals surface area (Å²) in [6, 6.07) is 17.3. The summed E-state index contributed by atoms with van der Waals surface area (Å²) < 4.78 is 3.24. The first-order chi connectivity index (χ1) is 19.4. The average Bonchev–Trinajstić information content (AvgIpc) is 3.61. The van der Waals surface area contributed by atoms with Gasteiger partial charge in [0.05, 0.1) is 17.1 Å². The second-order valence-corrected chi connectivity index (χ2v) is 9.12. The predicted molar refractivity (Wildman–Crippen MR) is 155 cm³/mol. The molecular formula is C29H28N8O3. The fourth-order valence-corrected chi connectivity index (χ4v) is 4.71. The van der Waals surface area contributed by atoms with Gasteiger partial charge in [-0.15, -0.1) is 5.10 Å². The van der Waals surface area contributed by atoms with Gasteiger partial charge < -0.3 is 16.8 Å². The number of ketones is 1. The summed E-state index contributed by atoms with van der Waals surface area (Å²) in [5.41, 5.74) is 13.8. The second-order valence-electron chi connectivity index (χ2n) is 9.12. The number of para-hydroxylation sites is 1. The molecule has 0 saturated carbocycles. The van der Waals surface area contributed by atoms with Crippen molar-refractivity contribution >= 4 is 40.3 Å². The SMILES string of the molecule is CCc1cc2cccc(CC(=O)c3cn[nH]c3)c2c(=O)n1-c1ccccc1.NC(=O)c1c(N)nn2c1NCC=C2. The van der Waals surface area contributed by atoms with E-state index in [0.29, 0.717) is 23.3 Å². The van der Waals surface area contributed by atoms with Crippen molar-refractivity contribution < 1.29 is 9.59 Å². The zero-order valence-electron chi connectivity index (χ0n) is 21.8. The Bertz CT molecular complexity index is 1780. The number of nitrogens with zero attached hydrogens (tertiary/aromatic N) is 4. The molecule has 3 aromatic heterocycles. The number of anilines is 2. The number of nitrogen functional groups attached to an aromatic ring is 1. The Morgan fingerprint density at radius 2 is 1.90 bits per heavy atom. The molecule has 1 aliphatic rings. The molecule has 0 saturated heterocycles. The monoisotopic (exact) mass is 536 g/mol. The second kappa shape index (κ2) is 11.1. The fraction of sp³-hybridized carbons (Fsp3) is 0.138. The summed E-state index contributed by atoms with van der Waals surface area (Å²) in [6.45, 7) is 2.68. The van der Waals surface area contributed by atoms with Crippen molar-refractivity contribution in [2.24, 2.45) is 5.73 Å². The number of pyridine rings is 1. The average molecular weight is 537 g/mol. The first-order valence-corrected chi connectivity index (χ1v) is 12.7. The topological polar surface area (TPSA) is 167 Å². The summed E-state index contributed by atoms with van der Waals surface area (Å²) in [5.74, 6) is 0.0806. The normalized spacial score (nSPS) is 11.8. The number of aromatic amines is 1. The van der Waals surface area contributed by atoms with Gasteiger partial charge in [-0.3, -0.25) is 24.0 Å². The zero-order chi connectivity index (χ0) is 28.2. The molecule has 1 amide bonds. The van der Waals surface area contributed by atoms with Gasteiger partial charge >= 0.3 is 0 Å². The van der Waals surface area contributed by atoms with E-state index < -0.39 is 5.91 Å². The maximum absolute atomic E-state index is 13.4. The number of carbonyl (C=O) groups excluding carboxylic acids is 2. The number of nitrogens with one attached hydrogen (secondary N) is 2. The maximum Gasteiger partial charge on any atom is 0.263 e. The van der Waals surface area contributed by atoms with Crippen LogP contribution in [0, 0.1) is 0 Å². The lowest BCUT2D eigenvalue weighted by molar-refractivity contribution is 0.0988. The Hall–Kier alpha value is -5.45. The molecule has 6 N–H and O–H groups in total. The summed E-state index contributed by atoms with van der Waals surface area (Å²) in [7, 11) is 0. The maximum atomic E-state index is 13.4. The molecule has 0 atom stereocenters. The van der Waals surface area contributed by atoms with Crippen LogP contribution in [0.4, 0.5) is 11.6 Å².